The van der Waals surface area contributed by atoms with E-state index in [1.807, 2.05) is 0 Å². The van der Waals surface area contributed by atoms with Crippen LogP contribution in [0.3, 0.4) is 0 Å². The first-order chi connectivity index (χ1) is 8.02. The second-order valence-electron chi connectivity index (χ2n) is 4.86. The average molecular weight is 320 g/mol. The van der Waals surface area contributed by atoms with E-state index in [1.165, 1.54) is 6.92 Å². The SMILES string of the molecule is CC(C)(O)C(C)(F)C(F)(F)F.CC1OC1C(F)(F)F.F. The fourth-order valence-electron chi connectivity index (χ4n) is 0.876. The van der Waals surface area contributed by atoms with Gasteiger partial charge in [-0.2, -0.15) is 26.3 Å². The van der Waals surface area contributed by atoms with Gasteiger partial charge in [0.2, 0.25) is 5.67 Å². The third-order valence-electron chi connectivity index (χ3n) is 2.71. The lowest BCUT2D eigenvalue weighted by atomic mass is 9.89. The number of aliphatic hydroxyl groups is 1. The zero-order valence-corrected chi connectivity index (χ0v) is 11.1. The monoisotopic (exact) mass is 320 g/mol. The maximum atomic E-state index is 12.7. The molecule has 2 nitrogen and oxygen atoms in total. The molecule has 1 N–H and O–H groups in total. The molecule has 0 aromatic rings. The minimum Gasteiger partial charge on any atom is -0.387 e. The van der Waals surface area contributed by atoms with Gasteiger partial charge in [-0.1, -0.05) is 0 Å². The second-order valence-corrected chi connectivity index (χ2v) is 4.86. The summed E-state index contributed by atoms with van der Waals surface area (Å²) in [7, 11) is 0. The van der Waals surface area contributed by atoms with Crippen LogP contribution in [0.15, 0.2) is 0 Å². The fourth-order valence-corrected chi connectivity index (χ4v) is 0.876. The van der Waals surface area contributed by atoms with E-state index in [9.17, 15) is 30.7 Å². The van der Waals surface area contributed by atoms with Crippen LogP contribution in [-0.2, 0) is 4.74 Å². The number of halogens is 8. The molecular formula is C10H16F8O2. The molecule has 3 unspecified atom stereocenters. The molecule has 1 fully saturated rings. The van der Waals surface area contributed by atoms with Gasteiger partial charge in [0, 0.05) is 0 Å². The van der Waals surface area contributed by atoms with Crippen LogP contribution < -0.4 is 0 Å². The second kappa shape index (κ2) is 6.00. The van der Waals surface area contributed by atoms with Crippen molar-refractivity contribution in [2.24, 2.45) is 0 Å². The highest BCUT2D eigenvalue weighted by atomic mass is 19.4. The van der Waals surface area contributed by atoms with Crippen molar-refractivity contribution in [3.05, 3.63) is 0 Å². The first-order valence-corrected chi connectivity index (χ1v) is 5.22. The molecule has 3 atom stereocenters. The highest BCUT2D eigenvalue weighted by Crippen LogP contribution is 2.41. The normalized spacial score (nSPS) is 25.8. The van der Waals surface area contributed by atoms with Gasteiger partial charge in [-0.3, -0.25) is 4.70 Å². The molecule has 1 aliphatic rings. The predicted molar refractivity (Wildman–Crippen MR) is 54.8 cm³/mol. The molecule has 0 radical (unpaired) electrons. The van der Waals surface area contributed by atoms with Gasteiger partial charge in [0.05, 0.1) is 6.10 Å². The summed E-state index contributed by atoms with van der Waals surface area (Å²) in [5.74, 6) is 0. The number of hydrogen-bond donors (Lipinski definition) is 1. The van der Waals surface area contributed by atoms with E-state index < -0.39 is 35.8 Å². The van der Waals surface area contributed by atoms with Crippen molar-refractivity contribution in [3.8, 4) is 0 Å². The van der Waals surface area contributed by atoms with Crippen molar-refractivity contribution in [2.45, 2.75) is 63.5 Å². The van der Waals surface area contributed by atoms with E-state index in [1.54, 1.807) is 0 Å². The maximum absolute atomic E-state index is 12.7. The summed E-state index contributed by atoms with van der Waals surface area (Å²) in [5, 5.41) is 8.79. The van der Waals surface area contributed by atoms with Gasteiger partial charge in [0.15, 0.2) is 6.10 Å². The molecule has 124 valence electrons. The van der Waals surface area contributed by atoms with Gasteiger partial charge in [0.1, 0.15) is 5.60 Å². The van der Waals surface area contributed by atoms with E-state index in [4.69, 9.17) is 5.11 Å². The predicted octanol–water partition coefficient (Wildman–Crippen LogP) is 3.54. The zero-order chi connectivity index (χ0) is 15.9. The zero-order valence-electron chi connectivity index (χ0n) is 11.1. The molecule has 20 heavy (non-hydrogen) atoms. The standard InChI is InChI=1S/C6H10F4O.C4H5F3O.FH/c1-4(2,11)5(3,7)6(8,9)10;1-2-3(8-2)4(5,6)7;/h11H,1-3H3;2-3H,1H3;1H. The molecule has 0 aliphatic carbocycles. The van der Waals surface area contributed by atoms with E-state index in [-0.39, 0.29) is 4.70 Å². The summed E-state index contributed by atoms with van der Waals surface area (Å²) in [4.78, 5) is 0. The highest BCUT2D eigenvalue weighted by molar-refractivity contribution is 4.96. The fraction of sp³-hybridized carbons (Fsp3) is 1.00. The Balaban J connectivity index is 0. The molecule has 0 saturated carbocycles. The minimum absolute atomic E-state index is 0. The topological polar surface area (TPSA) is 32.8 Å². The van der Waals surface area contributed by atoms with Crippen molar-refractivity contribution in [2.75, 3.05) is 0 Å². The smallest absolute Gasteiger partial charge is 0.387 e. The number of alkyl halides is 7. The molecule has 0 aromatic heterocycles. The summed E-state index contributed by atoms with van der Waals surface area (Å²) in [6, 6.07) is 0. The molecule has 1 saturated heterocycles. The molecule has 0 amide bonds. The van der Waals surface area contributed by atoms with Crippen LogP contribution >= 0.6 is 0 Å². The van der Waals surface area contributed by atoms with Crippen LogP contribution in [0.2, 0.25) is 0 Å². The van der Waals surface area contributed by atoms with Crippen molar-refractivity contribution in [1.82, 2.24) is 0 Å². The third-order valence-corrected chi connectivity index (χ3v) is 2.71. The lowest BCUT2D eigenvalue weighted by Gasteiger charge is -2.34. The number of rotatable bonds is 1. The van der Waals surface area contributed by atoms with E-state index >= 15 is 0 Å². The molecule has 1 rings (SSSR count). The number of hydrogen-bond acceptors (Lipinski definition) is 2. The Kier molecular flexibility index (Phi) is 6.50. The molecule has 0 spiro atoms. The molecule has 0 aromatic carbocycles. The van der Waals surface area contributed by atoms with Gasteiger partial charge in [-0.15, -0.1) is 0 Å². The number of ether oxygens (including phenoxy) is 1. The van der Waals surface area contributed by atoms with Crippen LogP contribution in [0.5, 0.6) is 0 Å². The molecular weight excluding hydrogens is 304 g/mol. The first kappa shape index (κ1) is 21.7. The van der Waals surface area contributed by atoms with Crippen LogP contribution in [0.4, 0.5) is 35.4 Å². The highest BCUT2D eigenvalue weighted by Gasteiger charge is 2.60. The van der Waals surface area contributed by atoms with Crippen molar-refractivity contribution in [3.63, 3.8) is 0 Å². The number of epoxide rings is 1. The van der Waals surface area contributed by atoms with Crippen LogP contribution in [-0.4, -0.2) is 40.9 Å². The lowest BCUT2D eigenvalue weighted by Crippen LogP contribution is -2.54. The Labute approximate surface area is 110 Å². The van der Waals surface area contributed by atoms with Gasteiger partial charge in [-0.25, -0.2) is 4.39 Å². The van der Waals surface area contributed by atoms with Crippen molar-refractivity contribution < 1.29 is 45.3 Å². The van der Waals surface area contributed by atoms with Gasteiger partial charge in [0.25, 0.3) is 0 Å². The minimum atomic E-state index is -5.04. The van der Waals surface area contributed by atoms with Gasteiger partial charge in [-0.05, 0) is 27.7 Å². The summed E-state index contributed by atoms with van der Waals surface area (Å²) >= 11 is 0. The Morgan fingerprint density at radius 2 is 1.20 bits per heavy atom. The Morgan fingerprint density at radius 1 is 0.900 bits per heavy atom. The molecule has 1 heterocycles. The summed E-state index contributed by atoms with van der Waals surface area (Å²) in [5.41, 5.74) is -5.98. The van der Waals surface area contributed by atoms with Crippen LogP contribution in [0.25, 0.3) is 0 Å². The molecule has 0 bridgehead atoms. The quantitative estimate of drug-likeness (QED) is 0.592. The Morgan fingerprint density at radius 3 is 1.20 bits per heavy atom. The van der Waals surface area contributed by atoms with E-state index in [0.29, 0.717) is 6.92 Å². The van der Waals surface area contributed by atoms with Gasteiger partial charge < -0.3 is 9.84 Å². The molecule has 1 aliphatic heterocycles. The van der Waals surface area contributed by atoms with E-state index in [0.717, 1.165) is 13.8 Å². The van der Waals surface area contributed by atoms with Crippen molar-refractivity contribution >= 4 is 0 Å². The van der Waals surface area contributed by atoms with Crippen molar-refractivity contribution in [1.29, 1.82) is 0 Å². The van der Waals surface area contributed by atoms with Crippen LogP contribution in [0, 0.1) is 0 Å². The maximum Gasteiger partial charge on any atom is 0.425 e. The largest absolute Gasteiger partial charge is 0.425 e. The van der Waals surface area contributed by atoms with E-state index in [2.05, 4.69) is 4.74 Å². The summed E-state index contributed by atoms with van der Waals surface area (Å²) in [6.45, 7) is 3.27. The first-order valence-electron chi connectivity index (χ1n) is 5.22. The summed E-state index contributed by atoms with van der Waals surface area (Å²) < 4.78 is 86.4. The lowest BCUT2D eigenvalue weighted by molar-refractivity contribution is -0.273. The van der Waals surface area contributed by atoms with Gasteiger partial charge >= 0.3 is 12.4 Å². The molecule has 10 heteroatoms. The Hall–Kier alpha value is -0.640. The third kappa shape index (κ3) is 5.39. The van der Waals surface area contributed by atoms with Crippen LogP contribution in [0.1, 0.15) is 27.7 Å². The summed E-state index contributed by atoms with van der Waals surface area (Å²) in [6.07, 6.45) is -11.3. The average Bonchev–Trinajstić information content (AvgIpc) is 2.78. The Bertz CT molecular complexity index is 286.